The maximum Gasteiger partial charge on any atom is 0.360 e. The number of anilines is 1. The van der Waals surface area contributed by atoms with Crippen LogP contribution in [-0.2, 0) is 11.3 Å². The van der Waals surface area contributed by atoms with Crippen LogP contribution in [0.3, 0.4) is 0 Å². The van der Waals surface area contributed by atoms with E-state index in [-0.39, 0.29) is 24.2 Å². The molecule has 1 heterocycles. The first-order valence-electron chi connectivity index (χ1n) is 8.11. The highest BCUT2D eigenvalue weighted by atomic mass is 16.5. The molecule has 1 aromatic heterocycles. The topological polar surface area (TPSA) is 84.7 Å². The molecule has 0 spiro atoms. The number of nitrogens with one attached hydrogen (secondary N) is 1. The molecule has 7 heteroatoms. The number of carbonyl (C=O) groups excluding carboxylic acids is 2. The second-order valence-corrected chi connectivity index (χ2v) is 5.72. The van der Waals surface area contributed by atoms with Gasteiger partial charge in [-0.2, -0.15) is 0 Å². The van der Waals surface area contributed by atoms with E-state index in [9.17, 15) is 9.59 Å². The first kappa shape index (κ1) is 18.5. The van der Waals surface area contributed by atoms with Gasteiger partial charge < -0.3 is 19.4 Å². The Morgan fingerprint density at radius 3 is 2.76 bits per heavy atom. The lowest BCUT2D eigenvalue weighted by atomic mass is 10.1. The van der Waals surface area contributed by atoms with Gasteiger partial charge >= 0.3 is 12.0 Å². The van der Waals surface area contributed by atoms with Crippen molar-refractivity contribution in [2.24, 2.45) is 0 Å². The second kappa shape index (κ2) is 8.32. The standard InChI is InChI=1S/C18H23N3O4/c1-5-9-21(10-16-19-15(11-25-16)17(22)24-4)18(23)20-14-8-6-7-12(2)13(14)3/h6-8,11H,5,9-10H2,1-4H3,(H,20,23). The van der Waals surface area contributed by atoms with Gasteiger partial charge in [-0.15, -0.1) is 0 Å². The van der Waals surface area contributed by atoms with E-state index >= 15 is 0 Å². The number of rotatable bonds is 6. The van der Waals surface area contributed by atoms with Gasteiger partial charge in [0, 0.05) is 12.2 Å². The summed E-state index contributed by atoms with van der Waals surface area (Å²) in [5.74, 6) is -0.290. The molecule has 25 heavy (non-hydrogen) atoms. The zero-order chi connectivity index (χ0) is 18.4. The molecule has 7 nitrogen and oxygen atoms in total. The van der Waals surface area contributed by atoms with Crippen molar-refractivity contribution < 1.29 is 18.7 Å². The highest BCUT2D eigenvalue weighted by molar-refractivity contribution is 5.90. The monoisotopic (exact) mass is 345 g/mol. The second-order valence-electron chi connectivity index (χ2n) is 5.72. The molecule has 2 rings (SSSR count). The number of methoxy groups -OCH3 is 1. The van der Waals surface area contributed by atoms with Crippen molar-refractivity contribution in [3.05, 3.63) is 47.2 Å². The maximum absolute atomic E-state index is 12.6. The molecule has 0 unspecified atom stereocenters. The molecule has 0 saturated carbocycles. The zero-order valence-corrected chi connectivity index (χ0v) is 15.0. The maximum atomic E-state index is 12.6. The van der Waals surface area contributed by atoms with Gasteiger partial charge in [0.2, 0.25) is 5.89 Å². The number of esters is 1. The van der Waals surface area contributed by atoms with Crippen molar-refractivity contribution in [2.75, 3.05) is 19.0 Å². The van der Waals surface area contributed by atoms with Crippen LogP contribution < -0.4 is 5.32 Å². The third-order valence-corrected chi connectivity index (χ3v) is 3.90. The van der Waals surface area contributed by atoms with E-state index in [1.807, 2.05) is 39.0 Å². The third-order valence-electron chi connectivity index (χ3n) is 3.90. The molecule has 0 atom stereocenters. The molecular formula is C18H23N3O4. The summed E-state index contributed by atoms with van der Waals surface area (Å²) in [7, 11) is 1.28. The van der Waals surface area contributed by atoms with Crippen LogP contribution in [0.25, 0.3) is 0 Å². The van der Waals surface area contributed by atoms with Crippen molar-refractivity contribution in [3.63, 3.8) is 0 Å². The predicted molar refractivity (Wildman–Crippen MR) is 93.5 cm³/mol. The fourth-order valence-corrected chi connectivity index (χ4v) is 2.35. The van der Waals surface area contributed by atoms with E-state index in [0.29, 0.717) is 6.54 Å². The summed E-state index contributed by atoms with van der Waals surface area (Å²) in [4.78, 5) is 29.7. The number of aryl methyl sites for hydroxylation is 1. The Kier molecular flexibility index (Phi) is 6.16. The van der Waals surface area contributed by atoms with Gasteiger partial charge in [-0.05, 0) is 37.5 Å². The summed E-state index contributed by atoms with van der Waals surface area (Å²) in [6.07, 6.45) is 2.01. The Labute approximate surface area is 147 Å². The molecule has 2 aromatic rings. The molecule has 1 aromatic carbocycles. The minimum absolute atomic E-state index is 0.0869. The van der Waals surface area contributed by atoms with Gasteiger partial charge in [-0.3, -0.25) is 0 Å². The van der Waals surface area contributed by atoms with Gasteiger partial charge in [-0.25, -0.2) is 14.6 Å². The van der Waals surface area contributed by atoms with Crippen molar-refractivity contribution in [3.8, 4) is 0 Å². The molecule has 0 bridgehead atoms. The number of benzene rings is 1. The Morgan fingerprint density at radius 2 is 2.08 bits per heavy atom. The van der Waals surface area contributed by atoms with Gasteiger partial charge in [0.05, 0.1) is 13.7 Å². The summed E-state index contributed by atoms with van der Waals surface area (Å²) in [6, 6.07) is 5.52. The van der Waals surface area contributed by atoms with E-state index in [0.717, 1.165) is 23.2 Å². The molecule has 0 aliphatic carbocycles. The van der Waals surface area contributed by atoms with Crippen LogP contribution >= 0.6 is 0 Å². The number of hydrogen-bond acceptors (Lipinski definition) is 5. The molecule has 0 fully saturated rings. The molecule has 0 aliphatic rings. The minimum atomic E-state index is -0.572. The van der Waals surface area contributed by atoms with E-state index in [2.05, 4.69) is 15.0 Å². The Balaban J connectivity index is 2.11. The summed E-state index contributed by atoms with van der Waals surface area (Å²) in [6.45, 7) is 6.64. The van der Waals surface area contributed by atoms with Crippen LogP contribution in [0.2, 0.25) is 0 Å². The van der Waals surface area contributed by atoms with Gasteiger partial charge in [0.15, 0.2) is 5.69 Å². The molecule has 134 valence electrons. The number of nitrogens with zero attached hydrogens (tertiary/aromatic N) is 2. The minimum Gasteiger partial charge on any atom is -0.464 e. The number of ether oxygens (including phenoxy) is 1. The quantitative estimate of drug-likeness (QED) is 0.810. The average molecular weight is 345 g/mol. The normalized spacial score (nSPS) is 10.4. The number of oxazole rings is 1. The zero-order valence-electron chi connectivity index (χ0n) is 15.0. The summed E-state index contributed by atoms with van der Waals surface area (Å²) in [5, 5.41) is 2.92. The van der Waals surface area contributed by atoms with Crippen LogP contribution in [0, 0.1) is 13.8 Å². The van der Waals surface area contributed by atoms with Gasteiger partial charge in [-0.1, -0.05) is 19.1 Å². The van der Waals surface area contributed by atoms with Gasteiger partial charge in [0.1, 0.15) is 6.26 Å². The Hall–Kier alpha value is -2.83. The van der Waals surface area contributed by atoms with Crippen molar-refractivity contribution in [1.29, 1.82) is 0 Å². The van der Waals surface area contributed by atoms with Crippen LogP contribution in [0.4, 0.5) is 10.5 Å². The fraction of sp³-hybridized carbons (Fsp3) is 0.389. The number of urea groups is 1. The number of carbonyl (C=O) groups is 2. The summed E-state index contributed by atoms with van der Waals surface area (Å²) < 4.78 is 9.87. The van der Waals surface area contributed by atoms with Crippen LogP contribution in [0.5, 0.6) is 0 Å². The lowest BCUT2D eigenvalue weighted by Gasteiger charge is -2.22. The molecule has 0 aliphatic heterocycles. The lowest BCUT2D eigenvalue weighted by molar-refractivity contribution is 0.0594. The van der Waals surface area contributed by atoms with Crippen molar-refractivity contribution in [1.82, 2.24) is 9.88 Å². The Morgan fingerprint density at radius 1 is 1.32 bits per heavy atom. The molecule has 2 amide bonds. The first-order chi connectivity index (χ1) is 12.0. The van der Waals surface area contributed by atoms with Crippen LogP contribution in [0.15, 0.2) is 28.9 Å². The SMILES string of the molecule is CCCN(Cc1nc(C(=O)OC)co1)C(=O)Nc1cccc(C)c1C. The summed E-state index contributed by atoms with van der Waals surface area (Å²) >= 11 is 0. The molecule has 1 N–H and O–H groups in total. The smallest absolute Gasteiger partial charge is 0.360 e. The largest absolute Gasteiger partial charge is 0.464 e. The van der Waals surface area contributed by atoms with Crippen LogP contribution in [-0.4, -0.2) is 35.5 Å². The van der Waals surface area contributed by atoms with E-state index in [1.54, 1.807) is 4.90 Å². The van der Waals surface area contributed by atoms with Crippen LogP contribution in [0.1, 0.15) is 40.9 Å². The highest BCUT2D eigenvalue weighted by Crippen LogP contribution is 2.19. The number of hydrogen-bond donors (Lipinski definition) is 1. The number of aromatic nitrogens is 1. The fourth-order valence-electron chi connectivity index (χ4n) is 2.35. The predicted octanol–water partition coefficient (Wildman–Crippen LogP) is 3.52. The van der Waals surface area contributed by atoms with Crippen molar-refractivity contribution in [2.45, 2.75) is 33.7 Å². The van der Waals surface area contributed by atoms with E-state index in [1.165, 1.54) is 13.4 Å². The van der Waals surface area contributed by atoms with E-state index in [4.69, 9.17) is 4.42 Å². The van der Waals surface area contributed by atoms with Gasteiger partial charge in [0.25, 0.3) is 0 Å². The molecule has 0 saturated heterocycles. The molecule has 0 radical (unpaired) electrons. The van der Waals surface area contributed by atoms with E-state index < -0.39 is 5.97 Å². The highest BCUT2D eigenvalue weighted by Gasteiger charge is 2.19. The van der Waals surface area contributed by atoms with Crippen molar-refractivity contribution >= 4 is 17.7 Å². The lowest BCUT2D eigenvalue weighted by Crippen LogP contribution is -2.35. The Bertz CT molecular complexity index is 755. The third kappa shape index (κ3) is 4.59. The summed E-state index contributed by atoms with van der Waals surface area (Å²) in [5.41, 5.74) is 2.99. The average Bonchev–Trinajstić information content (AvgIpc) is 3.06. The first-order valence-corrected chi connectivity index (χ1v) is 8.11. The number of amides is 2. The molecular weight excluding hydrogens is 322 g/mol.